The van der Waals surface area contributed by atoms with Crippen LogP contribution in [0.4, 0.5) is 0 Å². The summed E-state index contributed by atoms with van der Waals surface area (Å²) in [5, 5.41) is 0. The highest BCUT2D eigenvalue weighted by atomic mass is 16.5. The van der Waals surface area contributed by atoms with Crippen LogP contribution in [0.1, 0.15) is 116 Å². The normalized spacial score (nSPS) is 10.6. The fourth-order valence-electron chi connectivity index (χ4n) is 4.50. The smallest absolute Gasteiger partial charge is 0.341 e. The lowest BCUT2D eigenvalue weighted by Crippen LogP contribution is -2.12. The molecular formula is C35H48O8. The van der Waals surface area contributed by atoms with Gasteiger partial charge in [-0.2, -0.15) is 0 Å². The van der Waals surface area contributed by atoms with Crippen molar-refractivity contribution in [1.82, 2.24) is 0 Å². The molecule has 0 spiro atoms. The minimum Gasteiger partial charge on any atom is -0.492 e. The largest absolute Gasteiger partial charge is 0.492 e. The van der Waals surface area contributed by atoms with Crippen molar-refractivity contribution >= 4 is 23.5 Å². The fourth-order valence-corrected chi connectivity index (χ4v) is 4.50. The summed E-state index contributed by atoms with van der Waals surface area (Å²) < 4.78 is 27.9. The first-order chi connectivity index (χ1) is 20.7. The van der Waals surface area contributed by atoms with E-state index in [1.807, 2.05) is 59.8 Å². The third-order valence-electron chi connectivity index (χ3n) is 6.55. The maximum absolute atomic E-state index is 13.2. The molecule has 0 N–H and O–H groups in total. The standard InChI is InChI=1S/C35H48O8/c1-8-16-40-32-24(5)20-26(22-29(32)34(37)42-18-10-3)28(14-12-13-15-31(36)39-7)27-21-25(6)33(41-17-9-2)30(23-27)35(38)43-19-11-4/h14,20-23H,8-13,15-19H2,1-7H3. The van der Waals surface area contributed by atoms with E-state index in [0.717, 1.165) is 40.7 Å². The number of unbranched alkanes of at least 4 members (excludes halogenated alkanes) is 1. The maximum Gasteiger partial charge on any atom is 0.341 e. The van der Waals surface area contributed by atoms with Gasteiger partial charge in [0.05, 0.1) is 33.5 Å². The van der Waals surface area contributed by atoms with Crippen molar-refractivity contribution in [3.63, 3.8) is 0 Å². The summed E-state index contributed by atoms with van der Waals surface area (Å²) in [6.07, 6.45) is 6.41. The summed E-state index contributed by atoms with van der Waals surface area (Å²) in [7, 11) is 1.37. The molecule has 8 nitrogen and oxygen atoms in total. The van der Waals surface area contributed by atoms with E-state index in [2.05, 4.69) is 0 Å². The molecule has 2 rings (SSSR count). The number of allylic oxidation sites excluding steroid dienone is 1. The lowest BCUT2D eigenvalue weighted by atomic mass is 9.90. The Morgan fingerprint density at radius 2 is 1.12 bits per heavy atom. The quantitative estimate of drug-likeness (QED) is 0.0977. The molecule has 0 aliphatic carbocycles. The molecule has 0 aliphatic rings. The number of rotatable bonds is 18. The van der Waals surface area contributed by atoms with Gasteiger partial charge in [-0.25, -0.2) is 9.59 Å². The van der Waals surface area contributed by atoms with Crippen LogP contribution in [0, 0.1) is 13.8 Å². The number of hydrogen-bond donors (Lipinski definition) is 0. The van der Waals surface area contributed by atoms with Gasteiger partial charge < -0.3 is 23.7 Å². The van der Waals surface area contributed by atoms with Crippen molar-refractivity contribution in [2.45, 2.75) is 86.5 Å². The first-order valence-electron chi connectivity index (χ1n) is 15.4. The van der Waals surface area contributed by atoms with Gasteiger partial charge in [-0.1, -0.05) is 33.8 Å². The van der Waals surface area contributed by atoms with Crippen LogP contribution >= 0.6 is 0 Å². The zero-order valence-electron chi connectivity index (χ0n) is 26.9. The summed E-state index contributed by atoms with van der Waals surface area (Å²) in [6, 6.07) is 7.52. The second-order valence-corrected chi connectivity index (χ2v) is 10.4. The number of methoxy groups -OCH3 is 1. The Morgan fingerprint density at radius 3 is 1.51 bits per heavy atom. The molecule has 0 heterocycles. The summed E-state index contributed by atoms with van der Waals surface area (Å²) in [5.74, 6) is -0.184. The highest BCUT2D eigenvalue weighted by molar-refractivity contribution is 5.97. The molecule has 0 atom stereocenters. The second kappa shape index (κ2) is 18.7. The van der Waals surface area contributed by atoms with Gasteiger partial charge in [0.2, 0.25) is 0 Å². The Hall–Kier alpha value is -3.81. The van der Waals surface area contributed by atoms with Crippen molar-refractivity contribution < 1.29 is 38.1 Å². The molecule has 0 bridgehead atoms. The Kier molecular flexibility index (Phi) is 15.4. The third-order valence-corrected chi connectivity index (χ3v) is 6.55. The Labute approximate surface area is 256 Å². The monoisotopic (exact) mass is 596 g/mol. The first kappa shape index (κ1) is 35.4. The fraction of sp³-hybridized carbons (Fsp3) is 0.514. The Bertz CT molecular complexity index is 1180. The zero-order chi connectivity index (χ0) is 31.8. The predicted molar refractivity (Wildman–Crippen MR) is 168 cm³/mol. The summed E-state index contributed by atoms with van der Waals surface area (Å²) >= 11 is 0. The topological polar surface area (TPSA) is 97.4 Å². The average molecular weight is 597 g/mol. The predicted octanol–water partition coefficient (Wildman–Crippen LogP) is 7.79. The molecule has 0 saturated heterocycles. The SMILES string of the molecule is CCCOC(=O)c1cc(C(=CCCCC(=O)OC)c2cc(C)c(OCCC)c(C(=O)OCCC)c2)cc(C)c1OCCC. The van der Waals surface area contributed by atoms with E-state index in [9.17, 15) is 14.4 Å². The number of hydrogen-bond acceptors (Lipinski definition) is 8. The number of esters is 3. The van der Waals surface area contributed by atoms with Crippen molar-refractivity contribution in [3.05, 3.63) is 63.7 Å². The van der Waals surface area contributed by atoms with Crippen LogP contribution in [0.2, 0.25) is 0 Å². The first-order valence-corrected chi connectivity index (χ1v) is 15.4. The van der Waals surface area contributed by atoms with Crippen LogP contribution in [0.3, 0.4) is 0 Å². The molecule has 8 heteroatoms. The minimum atomic E-state index is -0.453. The van der Waals surface area contributed by atoms with Gasteiger partial charge in [0, 0.05) is 6.42 Å². The van der Waals surface area contributed by atoms with Crippen molar-refractivity contribution in [2.75, 3.05) is 33.5 Å². The van der Waals surface area contributed by atoms with Gasteiger partial charge >= 0.3 is 17.9 Å². The van der Waals surface area contributed by atoms with Gasteiger partial charge in [0.25, 0.3) is 0 Å². The highest BCUT2D eigenvalue weighted by Gasteiger charge is 2.23. The molecule has 0 amide bonds. The van der Waals surface area contributed by atoms with Crippen molar-refractivity contribution in [2.24, 2.45) is 0 Å². The third kappa shape index (κ3) is 10.4. The van der Waals surface area contributed by atoms with Crippen LogP contribution in [-0.4, -0.2) is 51.4 Å². The molecule has 2 aromatic rings. The molecule has 0 aliphatic heterocycles. The van der Waals surface area contributed by atoms with E-state index in [0.29, 0.717) is 74.7 Å². The number of benzene rings is 2. The van der Waals surface area contributed by atoms with Crippen LogP contribution in [-0.2, 0) is 19.0 Å². The molecule has 0 unspecified atom stereocenters. The van der Waals surface area contributed by atoms with Crippen LogP contribution in [0.25, 0.3) is 5.57 Å². The summed E-state index contributed by atoms with van der Waals surface area (Å²) in [6.45, 7) is 13.2. The highest BCUT2D eigenvalue weighted by Crippen LogP contribution is 2.36. The molecule has 0 aromatic heterocycles. The molecule has 0 fully saturated rings. The van der Waals surface area contributed by atoms with E-state index >= 15 is 0 Å². The van der Waals surface area contributed by atoms with Crippen LogP contribution in [0.15, 0.2) is 30.3 Å². The average Bonchev–Trinajstić information content (AvgIpc) is 3.00. The number of carbonyl (C=O) groups is 3. The number of aryl methyl sites for hydroxylation is 2. The van der Waals surface area contributed by atoms with Crippen molar-refractivity contribution in [1.29, 1.82) is 0 Å². The van der Waals surface area contributed by atoms with Gasteiger partial charge in [0.15, 0.2) is 0 Å². The second-order valence-electron chi connectivity index (χ2n) is 10.4. The lowest BCUT2D eigenvalue weighted by molar-refractivity contribution is -0.140. The Balaban J connectivity index is 2.77. The molecule has 0 saturated carbocycles. The van der Waals surface area contributed by atoms with E-state index in [1.165, 1.54) is 7.11 Å². The molecule has 43 heavy (non-hydrogen) atoms. The van der Waals surface area contributed by atoms with E-state index in [1.54, 1.807) is 12.1 Å². The molecule has 0 radical (unpaired) electrons. The van der Waals surface area contributed by atoms with E-state index in [-0.39, 0.29) is 12.4 Å². The summed E-state index contributed by atoms with van der Waals surface area (Å²) in [4.78, 5) is 38.2. The zero-order valence-corrected chi connectivity index (χ0v) is 26.9. The number of ether oxygens (including phenoxy) is 5. The minimum absolute atomic E-state index is 0.273. The van der Waals surface area contributed by atoms with Gasteiger partial charge in [-0.15, -0.1) is 0 Å². The molecule has 236 valence electrons. The lowest BCUT2D eigenvalue weighted by Gasteiger charge is -2.19. The van der Waals surface area contributed by atoms with Gasteiger partial charge in [-0.3, -0.25) is 4.79 Å². The van der Waals surface area contributed by atoms with E-state index in [4.69, 9.17) is 23.7 Å². The number of carbonyl (C=O) groups excluding carboxylic acids is 3. The van der Waals surface area contributed by atoms with Crippen LogP contribution < -0.4 is 9.47 Å². The summed E-state index contributed by atoms with van der Waals surface area (Å²) in [5.41, 5.74) is 4.59. The van der Waals surface area contributed by atoms with Crippen molar-refractivity contribution in [3.8, 4) is 11.5 Å². The van der Waals surface area contributed by atoms with Crippen LogP contribution in [0.5, 0.6) is 11.5 Å². The Morgan fingerprint density at radius 1 is 0.674 bits per heavy atom. The maximum atomic E-state index is 13.2. The molecule has 2 aromatic carbocycles. The van der Waals surface area contributed by atoms with E-state index < -0.39 is 11.9 Å². The van der Waals surface area contributed by atoms with Gasteiger partial charge in [-0.05, 0) is 104 Å². The molecular weight excluding hydrogens is 548 g/mol. The van der Waals surface area contributed by atoms with Gasteiger partial charge in [0.1, 0.15) is 22.6 Å².